The van der Waals surface area contributed by atoms with Gasteiger partial charge in [-0.2, -0.15) is 0 Å². The molecule has 3 N–H and O–H groups in total. The number of likely N-dealkylation sites (tertiary alicyclic amines) is 1. The Morgan fingerprint density at radius 1 is 1.33 bits per heavy atom. The summed E-state index contributed by atoms with van der Waals surface area (Å²) in [6, 6.07) is 12.1. The van der Waals surface area contributed by atoms with Gasteiger partial charge in [0.15, 0.2) is 5.83 Å². The number of rotatable bonds is 6. The van der Waals surface area contributed by atoms with Crippen LogP contribution >= 0.6 is 36.4 Å². The number of benzene rings is 1. The third-order valence-electron chi connectivity index (χ3n) is 4.57. The van der Waals surface area contributed by atoms with Crippen LogP contribution in [0.2, 0.25) is 5.02 Å². The van der Waals surface area contributed by atoms with E-state index in [-0.39, 0.29) is 30.9 Å². The van der Waals surface area contributed by atoms with Gasteiger partial charge in [-0.15, -0.1) is 24.8 Å². The fraction of sp³-hybridized carbons (Fsp3) is 0.300. The van der Waals surface area contributed by atoms with Crippen LogP contribution in [0.15, 0.2) is 48.4 Å². The topological polar surface area (TPSA) is 77.5 Å². The smallest absolute Gasteiger partial charge is 0.303 e. The summed E-state index contributed by atoms with van der Waals surface area (Å²) in [6.07, 6.45) is 4.46. The highest BCUT2D eigenvalue weighted by Crippen LogP contribution is 2.24. The molecule has 0 spiro atoms. The normalized spacial score (nSPS) is 16.8. The van der Waals surface area contributed by atoms with E-state index in [0.29, 0.717) is 16.4 Å². The van der Waals surface area contributed by atoms with Crippen LogP contribution in [0.3, 0.4) is 0 Å². The maximum absolute atomic E-state index is 13.5. The summed E-state index contributed by atoms with van der Waals surface area (Å²) >= 11 is 6.27. The van der Waals surface area contributed by atoms with Crippen molar-refractivity contribution in [2.24, 2.45) is 0 Å². The van der Waals surface area contributed by atoms with E-state index < -0.39 is 11.7 Å². The minimum atomic E-state index is -1.22. The number of aromatic nitrogens is 1. The lowest BCUT2D eigenvalue weighted by Crippen LogP contribution is -2.41. The lowest BCUT2D eigenvalue weighted by atomic mass is 10.0. The summed E-state index contributed by atoms with van der Waals surface area (Å²) in [5.41, 5.74) is 2.84. The van der Waals surface area contributed by atoms with Crippen molar-refractivity contribution < 1.29 is 14.4 Å². The number of anilines is 1. The van der Waals surface area contributed by atoms with Crippen LogP contribution in [0.1, 0.15) is 24.0 Å². The molecule has 0 unspecified atom stereocenters. The minimum absolute atomic E-state index is 0. The number of carbonyl (C=O) groups excluding carboxylic acids is 1. The molecule has 3 rings (SSSR count). The lowest BCUT2D eigenvalue weighted by Gasteiger charge is -2.33. The van der Waals surface area contributed by atoms with E-state index in [9.17, 15) is 9.18 Å². The molecule has 164 valence electrons. The molecule has 1 amide bonds. The number of halogens is 4. The maximum atomic E-state index is 13.5. The Morgan fingerprint density at radius 3 is 2.73 bits per heavy atom. The molecule has 1 aliphatic heterocycles. The average Bonchev–Trinajstić information content (AvgIpc) is 2.70. The molecule has 2 aromatic rings. The van der Waals surface area contributed by atoms with Crippen molar-refractivity contribution >= 4 is 54.2 Å². The summed E-state index contributed by atoms with van der Waals surface area (Å²) in [6.45, 7) is 2.82. The number of hydroxylamine groups is 1. The van der Waals surface area contributed by atoms with Crippen LogP contribution in [0.25, 0.3) is 6.08 Å². The zero-order valence-corrected chi connectivity index (χ0v) is 18.4. The van der Waals surface area contributed by atoms with E-state index in [1.54, 1.807) is 0 Å². The molecule has 1 aromatic carbocycles. The molecule has 2 heterocycles. The van der Waals surface area contributed by atoms with Crippen LogP contribution in [0.5, 0.6) is 0 Å². The Bertz CT molecular complexity index is 855. The first-order valence-electron chi connectivity index (χ1n) is 9.05. The van der Waals surface area contributed by atoms with Gasteiger partial charge < -0.3 is 5.32 Å². The summed E-state index contributed by atoms with van der Waals surface area (Å²) in [5.74, 6) is -1.83. The van der Waals surface area contributed by atoms with Gasteiger partial charge in [-0.25, -0.2) is 14.9 Å². The van der Waals surface area contributed by atoms with Crippen molar-refractivity contribution in [3.8, 4) is 0 Å². The minimum Gasteiger partial charge on any atom is -0.365 e. The second-order valence-corrected chi connectivity index (χ2v) is 7.14. The number of nitrogens with one attached hydrogen (secondary N) is 2. The van der Waals surface area contributed by atoms with Crippen LogP contribution in [-0.4, -0.2) is 40.1 Å². The highest BCUT2D eigenvalue weighted by molar-refractivity contribution is 6.33. The molecule has 6 nitrogen and oxygen atoms in total. The fourth-order valence-electron chi connectivity index (χ4n) is 3.26. The summed E-state index contributed by atoms with van der Waals surface area (Å²) < 4.78 is 13.5. The lowest BCUT2D eigenvalue weighted by molar-refractivity contribution is -0.126. The Kier molecular flexibility index (Phi) is 11.1. The first-order chi connectivity index (χ1) is 13.5. The number of piperidine rings is 1. The summed E-state index contributed by atoms with van der Waals surface area (Å²) in [7, 11) is 0. The highest BCUT2D eigenvalue weighted by atomic mass is 35.5. The molecular formula is C20H24Cl3FN4O2. The largest absolute Gasteiger partial charge is 0.365 e. The Balaban J connectivity index is 0.00000225. The third kappa shape index (κ3) is 7.41. The number of carbonyl (C=O) groups is 1. The van der Waals surface area contributed by atoms with Crippen molar-refractivity contribution in [2.75, 3.05) is 18.4 Å². The molecule has 30 heavy (non-hydrogen) atoms. The van der Waals surface area contributed by atoms with E-state index >= 15 is 0 Å². The summed E-state index contributed by atoms with van der Waals surface area (Å²) in [4.78, 5) is 17.7. The van der Waals surface area contributed by atoms with Crippen LogP contribution in [-0.2, 0) is 11.3 Å². The Labute approximate surface area is 192 Å². The predicted molar refractivity (Wildman–Crippen MR) is 121 cm³/mol. The molecule has 1 saturated heterocycles. The Hall–Kier alpha value is -1.90. The van der Waals surface area contributed by atoms with Gasteiger partial charge in [-0.05, 0) is 42.7 Å². The predicted octanol–water partition coefficient (Wildman–Crippen LogP) is 4.47. The number of pyridine rings is 1. The second kappa shape index (κ2) is 12.7. The van der Waals surface area contributed by atoms with Crippen molar-refractivity contribution in [1.82, 2.24) is 15.4 Å². The average molecular weight is 478 g/mol. The van der Waals surface area contributed by atoms with E-state index in [2.05, 4.69) is 27.3 Å². The first kappa shape index (κ1) is 26.1. The molecule has 1 aliphatic rings. The van der Waals surface area contributed by atoms with Gasteiger partial charge in [0, 0.05) is 25.3 Å². The van der Waals surface area contributed by atoms with Crippen molar-refractivity contribution in [3.63, 3.8) is 0 Å². The van der Waals surface area contributed by atoms with Gasteiger partial charge in [-0.1, -0.05) is 41.9 Å². The van der Waals surface area contributed by atoms with Gasteiger partial charge in [0.2, 0.25) is 0 Å². The van der Waals surface area contributed by atoms with E-state index in [1.165, 1.54) is 23.3 Å². The van der Waals surface area contributed by atoms with Gasteiger partial charge in [0.05, 0.1) is 5.02 Å². The second-order valence-electron chi connectivity index (χ2n) is 6.74. The van der Waals surface area contributed by atoms with Gasteiger partial charge in [-0.3, -0.25) is 14.9 Å². The maximum Gasteiger partial charge on any atom is 0.303 e. The van der Waals surface area contributed by atoms with E-state index in [1.807, 2.05) is 18.2 Å². The number of hydrogen-bond donors (Lipinski definition) is 3. The molecule has 10 heteroatoms. The number of amides is 1. The monoisotopic (exact) mass is 476 g/mol. The van der Waals surface area contributed by atoms with Crippen molar-refractivity contribution in [1.29, 1.82) is 0 Å². The van der Waals surface area contributed by atoms with Crippen LogP contribution < -0.4 is 10.8 Å². The van der Waals surface area contributed by atoms with Gasteiger partial charge in [0.25, 0.3) is 0 Å². The molecule has 1 atom stereocenters. The highest BCUT2D eigenvalue weighted by Gasteiger charge is 2.21. The number of hydrogen-bond acceptors (Lipinski definition) is 5. The van der Waals surface area contributed by atoms with Crippen LogP contribution in [0.4, 0.5) is 10.2 Å². The fourth-order valence-corrected chi connectivity index (χ4v) is 3.48. The molecule has 0 radical (unpaired) electrons. The molecule has 0 saturated carbocycles. The zero-order valence-electron chi connectivity index (χ0n) is 16.1. The molecule has 1 fully saturated rings. The molecule has 1 aromatic heterocycles. The summed E-state index contributed by atoms with van der Waals surface area (Å²) in [5, 5.41) is 12.1. The Morgan fingerprint density at radius 2 is 2.07 bits per heavy atom. The first-order valence-corrected chi connectivity index (χ1v) is 9.43. The quantitative estimate of drug-likeness (QED) is 0.325. The van der Waals surface area contributed by atoms with Crippen molar-refractivity contribution in [3.05, 3.63) is 64.6 Å². The van der Waals surface area contributed by atoms with Crippen LogP contribution in [0, 0.1) is 0 Å². The van der Waals surface area contributed by atoms with E-state index in [4.69, 9.17) is 16.8 Å². The molecule has 0 aliphatic carbocycles. The standard InChI is InChI=1S/C20H22ClFN4O2.2ClH/c21-17-9-15(10-18(22)20(27)25-28)11-23-19(17)24-16-7-4-8-26(13-16)12-14-5-2-1-3-6-14;;/h1-3,5-6,9-11,16,28H,4,7-8,12-13H2,(H,23,24)(H,25,27);2*1H/b18-10+;;/t16-;;/m1../s1. The van der Waals surface area contributed by atoms with Gasteiger partial charge in [0.1, 0.15) is 5.82 Å². The van der Waals surface area contributed by atoms with E-state index in [0.717, 1.165) is 38.6 Å². The van der Waals surface area contributed by atoms with Crippen molar-refractivity contribution in [2.45, 2.75) is 25.4 Å². The molecule has 0 bridgehead atoms. The molecular weight excluding hydrogens is 454 g/mol. The SMILES string of the molecule is Cl.Cl.O=C(NO)/C(F)=C\c1cnc(N[C@@H]2CCCN(Cc3ccccc3)C2)c(Cl)c1. The zero-order chi connectivity index (χ0) is 19.9. The third-order valence-corrected chi connectivity index (χ3v) is 4.86. The number of nitrogens with zero attached hydrogens (tertiary/aromatic N) is 2. The van der Waals surface area contributed by atoms with Gasteiger partial charge >= 0.3 is 5.91 Å².